The lowest BCUT2D eigenvalue weighted by Gasteiger charge is -2.29. The van der Waals surface area contributed by atoms with Crippen LogP contribution < -0.4 is 5.32 Å². The summed E-state index contributed by atoms with van der Waals surface area (Å²) in [4.78, 5) is 30.6. The summed E-state index contributed by atoms with van der Waals surface area (Å²) in [5, 5.41) is 3.52. The SMILES string of the molecule is COC(=O)N1CCC(C(=O)Nc2nc(C)c(C)s2)CC1. The van der Waals surface area contributed by atoms with E-state index in [0.717, 1.165) is 10.6 Å². The number of methoxy groups -OCH3 is 1. The van der Waals surface area contributed by atoms with E-state index in [2.05, 4.69) is 15.0 Å². The topological polar surface area (TPSA) is 71.5 Å². The minimum Gasteiger partial charge on any atom is -0.453 e. The molecule has 2 heterocycles. The number of piperidine rings is 1. The van der Waals surface area contributed by atoms with E-state index in [4.69, 9.17) is 0 Å². The highest BCUT2D eigenvalue weighted by Crippen LogP contribution is 2.24. The molecule has 0 aromatic carbocycles. The fourth-order valence-electron chi connectivity index (χ4n) is 2.19. The summed E-state index contributed by atoms with van der Waals surface area (Å²) in [6.45, 7) is 5.02. The van der Waals surface area contributed by atoms with Gasteiger partial charge in [-0.15, -0.1) is 11.3 Å². The molecule has 1 aliphatic heterocycles. The van der Waals surface area contributed by atoms with Gasteiger partial charge in [-0.05, 0) is 26.7 Å². The average molecular weight is 297 g/mol. The zero-order valence-electron chi connectivity index (χ0n) is 11.9. The molecule has 0 unspecified atom stereocenters. The summed E-state index contributed by atoms with van der Waals surface area (Å²) in [5.41, 5.74) is 0.950. The number of nitrogens with one attached hydrogen (secondary N) is 1. The summed E-state index contributed by atoms with van der Waals surface area (Å²) >= 11 is 1.49. The molecule has 1 N–H and O–H groups in total. The van der Waals surface area contributed by atoms with Crippen LogP contribution in [0.5, 0.6) is 0 Å². The second-order valence-corrected chi connectivity index (χ2v) is 6.08. The first-order valence-corrected chi connectivity index (χ1v) is 7.40. The van der Waals surface area contributed by atoms with Gasteiger partial charge in [-0.3, -0.25) is 4.79 Å². The number of likely N-dealkylation sites (tertiary alicyclic amines) is 1. The second-order valence-electron chi connectivity index (χ2n) is 4.88. The second kappa shape index (κ2) is 6.21. The lowest BCUT2D eigenvalue weighted by atomic mass is 9.96. The Morgan fingerprint density at radius 3 is 2.50 bits per heavy atom. The molecule has 20 heavy (non-hydrogen) atoms. The van der Waals surface area contributed by atoms with Gasteiger partial charge >= 0.3 is 6.09 Å². The van der Waals surface area contributed by atoms with E-state index < -0.39 is 0 Å². The van der Waals surface area contributed by atoms with Crippen molar-refractivity contribution in [2.75, 3.05) is 25.5 Å². The first kappa shape index (κ1) is 14.8. The predicted molar refractivity (Wildman–Crippen MR) is 76.9 cm³/mol. The Balaban J connectivity index is 1.87. The lowest BCUT2D eigenvalue weighted by Crippen LogP contribution is -2.41. The predicted octanol–water partition coefficient (Wildman–Crippen LogP) is 2.18. The Hall–Kier alpha value is -1.63. The van der Waals surface area contributed by atoms with Gasteiger partial charge in [0.2, 0.25) is 5.91 Å². The minimum absolute atomic E-state index is 0.0109. The monoisotopic (exact) mass is 297 g/mol. The van der Waals surface area contributed by atoms with Crippen molar-refractivity contribution in [1.82, 2.24) is 9.88 Å². The molecule has 6 nitrogen and oxygen atoms in total. The molecule has 0 spiro atoms. The van der Waals surface area contributed by atoms with Crippen LogP contribution in [-0.2, 0) is 9.53 Å². The van der Waals surface area contributed by atoms with Crippen molar-refractivity contribution in [3.63, 3.8) is 0 Å². The van der Waals surface area contributed by atoms with E-state index in [1.807, 2.05) is 13.8 Å². The molecule has 0 aliphatic carbocycles. The molecule has 0 atom stereocenters. The third-order valence-electron chi connectivity index (χ3n) is 3.56. The summed E-state index contributed by atoms with van der Waals surface area (Å²) in [5.74, 6) is -0.0799. The number of nitrogens with zero attached hydrogens (tertiary/aromatic N) is 2. The molecule has 1 aliphatic rings. The van der Waals surface area contributed by atoms with Crippen LogP contribution in [0.1, 0.15) is 23.4 Å². The average Bonchev–Trinajstić information content (AvgIpc) is 2.76. The number of amides is 2. The van der Waals surface area contributed by atoms with E-state index in [0.29, 0.717) is 31.1 Å². The van der Waals surface area contributed by atoms with Crippen molar-refractivity contribution in [2.45, 2.75) is 26.7 Å². The highest BCUT2D eigenvalue weighted by molar-refractivity contribution is 7.15. The van der Waals surface area contributed by atoms with Crippen LogP contribution in [0, 0.1) is 19.8 Å². The number of hydrogen-bond acceptors (Lipinski definition) is 5. The van der Waals surface area contributed by atoms with Crippen LogP contribution in [0.2, 0.25) is 0 Å². The van der Waals surface area contributed by atoms with Gasteiger partial charge in [0.1, 0.15) is 0 Å². The van der Waals surface area contributed by atoms with Crippen LogP contribution in [0.3, 0.4) is 0 Å². The number of hydrogen-bond donors (Lipinski definition) is 1. The number of thiazole rings is 1. The van der Waals surface area contributed by atoms with Crippen molar-refractivity contribution in [3.05, 3.63) is 10.6 Å². The molecule has 0 bridgehead atoms. The van der Waals surface area contributed by atoms with Crippen molar-refractivity contribution < 1.29 is 14.3 Å². The Labute approximate surface area is 122 Å². The lowest BCUT2D eigenvalue weighted by molar-refractivity contribution is -0.121. The van der Waals surface area contributed by atoms with Crippen LogP contribution in [0.15, 0.2) is 0 Å². The number of carbonyl (C=O) groups is 2. The summed E-state index contributed by atoms with van der Waals surface area (Å²) in [6.07, 6.45) is 0.990. The van der Waals surface area contributed by atoms with Crippen LogP contribution >= 0.6 is 11.3 Å². The molecule has 2 amide bonds. The van der Waals surface area contributed by atoms with Crippen molar-refractivity contribution >= 4 is 28.5 Å². The quantitative estimate of drug-likeness (QED) is 0.908. The summed E-state index contributed by atoms with van der Waals surface area (Å²) < 4.78 is 4.68. The van der Waals surface area contributed by atoms with Crippen molar-refractivity contribution in [1.29, 1.82) is 0 Å². The number of anilines is 1. The van der Waals surface area contributed by atoms with Gasteiger partial charge in [0.15, 0.2) is 5.13 Å². The third-order valence-corrected chi connectivity index (χ3v) is 4.55. The van der Waals surface area contributed by atoms with Crippen LogP contribution in [0.25, 0.3) is 0 Å². The van der Waals surface area contributed by atoms with Gasteiger partial charge in [0, 0.05) is 23.9 Å². The van der Waals surface area contributed by atoms with Gasteiger partial charge in [0.05, 0.1) is 12.8 Å². The molecule has 0 radical (unpaired) electrons. The Kier molecular flexibility index (Phi) is 4.59. The molecule has 1 aromatic heterocycles. The maximum absolute atomic E-state index is 12.2. The molecule has 110 valence electrons. The van der Waals surface area contributed by atoms with Crippen LogP contribution in [-0.4, -0.2) is 42.1 Å². The number of ether oxygens (including phenoxy) is 1. The number of carbonyl (C=O) groups excluding carboxylic acids is 2. The molecular formula is C13H19N3O3S. The zero-order valence-corrected chi connectivity index (χ0v) is 12.7. The molecule has 7 heteroatoms. The standard InChI is InChI=1S/C13H19N3O3S/c1-8-9(2)20-12(14-8)15-11(17)10-4-6-16(7-5-10)13(18)19-3/h10H,4-7H2,1-3H3,(H,14,15,17). The highest BCUT2D eigenvalue weighted by Gasteiger charge is 2.28. The van der Waals surface area contributed by atoms with Crippen molar-refractivity contribution in [2.24, 2.45) is 5.92 Å². The normalized spacial score (nSPS) is 16.1. The first-order valence-electron chi connectivity index (χ1n) is 6.59. The first-order chi connectivity index (χ1) is 9.51. The molecule has 0 saturated carbocycles. The molecular weight excluding hydrogens is 278 g/mol. The van der Waals surface area contributed by atoms with Gasteiger partial charge in [-0.25, -0.2) is 9.78 Å². The fourth-order valence-corrected chi connectivity index (χ4v) is 3.00. The fraction of sp³-hybridized carbons (Fsp3) is 0.615. The maximum atomic E-state index is 12.2. The van der Waals surface area contributed by atoms with Gasteiger partial charge < -0.3 is 15.0 Å². The Bertz CT molecular complexity index is 487. The maximum Gasteiger partial charge on any atom is 0.409 e. The van der Waals surface area contributed by atoms with Crippen molar-refractivity contribution in [3.8, 4) is 0 Å². The number of rotatable bonds is 2. The van der Waals surface area contributed by atoms with E-state index in [1.165, 1.54) is 18.4 Å². The minimum atomic E-state index is -0.324. The molecule has 1 aromatic rings. The zero-order chi connectivity index (χ0) is 14.7. The van der Waals surface area contributed by atoms with Gasteiger partial charge in [-0.2, -0.15) is 0 Å². The van der Waals surface area contributed by atoms with Gasteiger partial charge in [0.25, 0.3) is 0 Å². The smallest absolute Gasteiger partial charge is 0.409 e. The molecule has 1 fully saturated rings. The Morgan fingerprint density at radius 1 is 1.35 bits per heavy atom. The number of aromatic nitrogens is 1. The van der Waals surface area contributed by atoms with E-state index in [9.17, 15) is 9.59 Å². The third kappa shape index (κ3) is 3.27. The number of aryl methyl sites for hydroxylation is 2. The van der Waals surface area contributed by atoms with Gasteiger partial charge in [-0.1, -0.05) is 0 Å². The molecule has 1 saturated heterocycles. The van der Waals surface area contributed by atoms with E-state index in [1.54, 1.807) is 4.90 Å². The Morgan fingerprint density at radius 2 is 2.00 bits per heavy atom. The molecule has 2 rings (SSSR count). The highest BCUT2D eigenvalue weighted by atomic mass is 32.1. The van der Waals surface area contributed by atoms with Crippen LogP contribution in [0.4, 0.5) is 9.93 Å². The summed E-state index contributed by atoms with van der Waals surface area (Å²) in [6, 6.07) is 0. The largest absolute Gasteiger partial charge is 0.453 e. The van der Waals surface area contributed by atoms with E-state index in [-0.39, 0.29) is 17.9 Å². The summed E-state index contributed by atoms with van der Waals surface area (Å²) in [7, 11) is 1.37. The van der Waals surface area contributed by atoms with E-state index >= 15 is 0 Å².